The van der Waals surface area contributed by atoms with Gasteiger partial charge in [-0.1, -0.05) is 12.1 Å². The van der Waals surface area contributed by atoms with E-state index in [9.17, 15) is 4.79 Å². The molecular formula is C16H21N3O2. The van der Waals surface area contributed by atoms with Crippen LogP contribution in [0.2, 0.25) is 0 Å². The summed E-state index contributed by atoms with van der Waals surface area (Å²) in [6, 6.07) is 8.01. The van der Waals surface area contributed by atoms with Gasteiger partial charge in [-0.05, 0) is 31.5 Å². The number of benzene rings is 1. The lowest BCUT2D eigenvalue weighted by Crippen LogP contribution is -2.27. The quantitative estimate of drug-likeness (QED) is 0.796. The second-order valence-corrected chi connectivity index (χ2v) is 4.80. The highest BCUT2D eigenvalue weighted by Gasteiger charge is 2.10. The molecule has 0 saturated heterocycles. The first-order valence-electron chi connectivity index (χ1n) is 7.16. The first-order valence-corrected chi connectivity index (χ1v) is 7.16. The molecule has 0 unspecified atom stereocenters. The number of hydrogen-bond donors (Lipinski definition) is 1. The van der Waals surface area contributed by atoms with Gasteiger partial charge in [0.15, 0.2) is 0 Å². The minimum Gasteiger partial charge on any atom is -0.381 e. The molecule has 1 aromatic heterocycles. The summed E-state index contributed by atoms with van der Waals surface area (Å²) in [6.07, 6.45) is 5.78. The van der Waals surface area contributed by atoms with Gasteiger partial charge in [0.1, 0.15) is 0 Å². The Kier molecular flexibility index (Phi) is 5.51. The van der Waals surface area contributed by atoms with Crippen molar-refractivity contribution in [2.24, 2.45) is 0 Å². The molecular weight excluding hydrogens is 266 g/mol. The van der Waals surface area contributed by atoms with Crippen molar-refractivity contribution >= 4 is 5.91 Å². The van der Waals surface area contributed by atoms with E-state index in [2.05, 4.69) is 16.4 Å². The molecule has 1 atom stereocenters. The lowest BCUT2D eigenvalue weighted by molar-refractivity contribution is -0.122. The van der Waals surface area contributed by atoms with Gasteiger partial charge in [0, 0.05) is 31.1 Å². The number of aromatic nitrogens is 2. The topological polar surface area (TPSA) is 56.1 Å². The number of amides is 1. The standard InChI is InChI=1S/C16H21N3O2/c1-3-21-10-7-16(20)18-13(2)14-5-4-6-15(11-14)19-9-8-17-12-19/h4-6,8-9,11-13H,3,7,10H2,1-2H3,(H,18,20)/t13-/m0/s1. The molecule has 0 saturated carbocycles. The molecule has 2 aromatic rings. The highest BCUT2D eigenvalue weighted by Crippen LogP contribution is 2.16. The van der Waals surface area contributed by atoms with Crippen molar-refractivity contribution in [3.05, 3.63) is 48.5 Å². The predicted octanol–water partition coefficient (Wildman–Crippen LogP) is 2.48. The van der Waals surface area contributed by atoms with E-state index in [4.69, 9.17) is 4.74 Å². The van der Waals surface area contributed by atoms with Crippen LogP contribution in [0.3, 0.4) is 0 Å². The van der Waals surface area contributed by atoms with Crippen LogP contribution in [-0.4, -0.2) is 28.7 Å². The van der Waals surface area contributed by atoms with Crippen LogP contribution in [0.25, 0.3) is 5.69 Å². The number of ether oxygens (including phenoxy) is 1. The van der Waals surface area contributed by atoms with Gasteiger partial charge in [0.05, 0.1) is 19.0 Å². The summed E-state index contributed by atoms with van der Waals surface area (Å²) in [6.45, 7) is 4.99. The van der Waals surface area contributed by atoms with Gasteiger partial charge in [0.25, 0.3) is 0 Å². The van der Waals surface area contributed by atoms with E-state index in [-0.39, 0.29) is 11.9 Å². The third-order valence-electron chi connectivity index (χ3n) is 3.23. The minimum atomic E-state index is -0.0393. The van der Waals surface area contributed by atoms with Crippen molar-refractivity contribution in [3.63, 3.8) is 0 Å². The molecule has 112 valence electrons. The number of nitrogens with one attached hydrogen (secondary N) is 1. The van der Waals surface area contributed by atoms with Crippen molar-refractivity contribution in [1.29, 1.82) is 0 Å². The van der Waals surface area contributed by atoms with E-state index in [1.54, 1.807) is 12.5 Å². The molecule has 0 bridgehead atoms. The van der Waals surface area contributed by atoms with Crippen LogP contribution in [0.15, 0.2) is 43.0 Å². The number of nitrogens with zero attached hydrogens (tertiary/aromatic N) is 2. The van der Waals surface area contributed by atoms with Gasteiger partial charge >= 0.3 is 0 Å². The summed E-state index contributed by atoms with van der Waals surface area (Å²) in [5.74, 6) is 0.00369. The van der Waals surface area contributed by atoms with Crippen LogP contribution in [0, 0.1) is 0 Å². The maximum atomic E-state index is 11.8. The first-order chi connectivity index (χ1) is 10.2. The van der Waals surface area contributed by atoms with Gasteiger partial charge in [-0.25, -0.2) is 4.98 Å². The summed E-state index contributed by atoms with van der Waals surface area (Å²) < 4.78 is 7.13. The maximum Gasteiger partial charge on any atom is 0.222 e. The van der Waals surface area contributed by atoms with E-state index < -0.39 is 0 Å². The maximum absolute atomic E-state index is 11.8. The molecule has 1 amide bonds. The van der Waals surface area contributed by atoms with E-state index in [1.165, 1.54) is 0 Å². The zero-order valence-electron chi connectivity index (χ0n) is 12.5. The number of imidazole rings is 1. The Labute approximate surface area is 125 Å². The van der Waals surface area contributed by atoms with Gasteiger partial charge < -0.3 is 14.6 Å². The van der Waals surface area contributed by atoms with Gasteiger partial charge in [-0.3, -0.25) is 4.79 Å². The highest BCUT2D eigenvalue weighted by molar-refractivity contribution is 5.76. The Morgan fingerprint density at radius 1 is 1.48 bits per heavy atom. The first kappa shape index (κ1) is 15.3. The zero-order chi connectivity index (χ0) is 15.1. The molecule has 21 heavy (non-hydrogen) atoms. The number of rotatable bonds is 7. The van der Waals surface area contributed by atoms with Crippen molar-refractivity contribution in [2.75, 3.05) is 13.2 Å². The summed E-state index contributed by atoms with van der Waals surface area (Å²) >= 11 is 0. The molecule has 2 rings (SSSR count). The lowest BCUT2D eigenvalue weighted by atomic mass is 10.1. The number of hydrogen-bond acceptors (Lipinski definition) is 3. The normalized spacial score (nSPS) is 12.1. The molecule has 5 heteroatoms. The van der Waals surface area contributed by atoms with E-state index in [0.29, 0.717) is 19.6 Å². The number of carbonyl (C=O) groups is 1. The van der Waals surface area contributed by atoms with Gasteiger partial charge in [0.2, 0.25) is 5.91 Å². The molecule has 0 aliphatic heterocycles. The summed E-state index contributed by atoms with van der Waals surface area (Å²) in [7, 11) is 0. The third-order valence-corrected chi connectivity index (χ3v) is 3.23. The Morgan fingerprint density at radius 2 is 2.33 bits per heavy atom. The predicted molar refractivity (Wildman–Crippen MR) is 81.2 cm³/mol. The molecule has 0 radical (unpaired) electrons. The molecule has 5 nitrogen and oxygen atoms in total. The van der Waals surface area contributed by atoms with Crippen molar-refractivity contribution in [2.45, 2.75) is 26.3 Å². The van der Waals surface area contributed by atoms with Crippen molar-refractivity contribution < 1.29 is 9.53 Å². The van der Waals surface area contributed by atoms with Gasteiger partial charge in [-0.15, -0.1) is 0 Å². The molecule has 0 aliphatic rings. The van der Waals surface area contributed by atoms with Crippen LogP contribution < -0.4 is 5.32 Å². The molecule has 1 aromatic carbocycles. The van der Waals surface area contributed by atoms with Crippen LogP contribution >= 0.6 is 0 Å². The summed E-state index contributed by atoms with van der Waals surface area (Å²) in [5.41, 5.74) is 2.09. The Morgan fingerprint density at radius 3 is 3.05 bits per heavy atom. The monoisotopic (exact) mass is 287 g/mol. The molecule has 1 heterocycles. The average Bonchev–Trinajstić information content (AvgIpc) is 3.02. The average molecular weight is 287 g/mol. The Balaban J connectivity index is 1.98. The van der Waals surface area contributed by atoms with Crippen LogP contribution in [0.1, 0.15) is 31.9 Å². The fourth-order valence-corrected chi connectivity index (χ4v) is 2.07. The highest BCUT2D eigenvalue weighted by atomic mass is 16.5. The summed E-state index contributed by atoms with van der Waals surface area (Å²) in [4.78, 5) is 15.9. The fourth-order valence-electron chi connectivity index (χ4n) is 2.07. The molecule has 1 N–H and O–H groups in total. The van der Waals surface area contributed by atoms with E-state index in [1.807, 2.05) is 42.8 Å². The Bertz CT molecular complexity index is 567. The lowest BCUT2D eigenvalue weighted by Gasteiger charge is -2.15. The van der Waals surface area contributed by atoms with Crippen molar-refractivity contribution in [3.8, 4) is 5.69 Å². The van der Waals surface area contributed by atoms with Crippen molar-refractivity contribution in [1.82, 2.24) is 14.9 Å². The second-order valence-electron chi connectivity index (χ2n) is 4.80. The molecule has 0 fully saturated rings. The third kappa shape index (κ3) is 4.43. The van der Waals surface area contributed by atoms with Crippen LogP contribution in [-0.2, 0) is 9.53 Å². The zero-order valence-corrected chi connectivity index (χ0v) is 12.5. The van der Waals surface area contributed by atoms with Gasteiger partial charge in [-0.2, -0.15) is 0 Å². The number of carbonyl (C=O) groups excluding carboxylic acids is 1. The Hall–Kier alpha value is -2.14. The smallest absolute Gasteiger partial charge is 0.222 e. The molecule has 0 spiro atoms. The van der Waals surface area contributed by atoms with E-state index >= 15 is 0 Å². The van der Waals surface area contributed by atoms with E-state index in [0.717, 1.165) is 11.3 Å². The minimum absolute atomic E-state index is 0.00369. The largest absolute Gasteiger partial charge is 0.381 e. The van der Waals surface area contributed by atoms with Crippen LogP contribution in [0.5, 0.6) is 0 Å². The fraction of sp³-hybridized carbons (Fsp3) is 0.375. The van der Waals surface area contributed by atoms with Crippen LogP contribution in [0.4, 0.5) is 0 Å². The molecule has 0 aliphatic carbocycles. The summed E-state index contributed by atoms with van der Waals surface area (Å²) in [5, 5.41) is 2.98. The SMILES string of the molecule is CCOCCC(=O)N[C@@H](C)c1cccc(-n2ccnc2)c1. The second kappa shape index (κ2) is 7.59.